The molecule has 0 saturated carbocycles. The van der Waals surface area contributed by atoms with Gasteiger partial charge >= 0.3 is 0 Å². The van der Waals surface area contributed by atoms with E-state index in [4.69, 9.17) is 4.74 Å². The average molecular weight is 260 g/mol. The van der Waals surface area contributed by atoms with Crippen LogP contribution in [-0.2, 0) is 13.1 Å². The summed E-state index contributed by atoms with van der Waals surface area (Å²) in [5, 5.41) is 11.1. The normalized spacial score (nSPS) is 10.6. The fraction of sp³-hybridized carbons (Fsp3) is 0.429. The largest absolute Gasteiger partial charge is 0.496 e. The van der Waals surface area contributed by atoms with E-state index >= 15 is 0 Å². The zero-order valence-electron chi connectivity index (χ0n) is 11.5. The fourth-order valence-electron chi connectivity index (χ4n) is 1.99. The third-order valence-electron chi connectivity index (χ3n) is 2.96. The number of nitrogens with one attached hydrogen (secondary N) is 1. The monoisotopic (exact) mass is 260 g/mol. The minimum Gasteiger partial charge on any atom is -0.496 e. The molecule has 0 bridgehead atoms. The van der Waals surface area contributed by atoms with Crippen molar-refractivity contribution in [3.05, 3.63) is 41.7 Å². The van der Waals surface area contributed by atoms with Crippen molar-refractivity contribution in [3.63, 3.8) is 0 Å². The SMILES string of the molecule is COc1ccc(C)cc1CNCCCn1ccnn1. The topological polar surface area (TPSA) is 52.0 Å². The fourth-order valence-corrected chi connectivity index (χ4v) is 1.99. The van der Waals surface area contributed by atoms with Crippen molar-refractivity contribution in [2.75, 3.05) is 13.7 Å². The quantitative estimate of drug-likeness (QED) is 0.771. The number of hydrogen-bond donors (Lipinski definition) is 1. The summed E-state index contributed by atoms with van der Waals surface area (Å²) < 4.78 is 7.20. The summed E-state index contributed by atoms with van der Waals surface area (Å²) in [6.07, 6.45) is 4.60. The Bertz CT molecular complexity index is 496. The number of ether oxygens (including phenoxy) is 1. The first-order chi connectivity index (χ1) is 9.29. The van der Waals surface area contributed by atoms with Crippen LogP contribution in [0.15, 0.2) is 30.6 Å². The molecule has 102 valence electrons. The number of hydrogen-bond acceptors (Lipinski definition) is 4. The predicted molar refractivity (Wildman–Crippen MR) is 74.1 cm³/mol. The maximum absolute atomic E-state index is 5.35. The Balaban J connectivity index is 1.74. The van der Waals surface area contributed by atoms with Crippen molar-refractivity contribution in [1.29, 1.82) is 0 Å². The molecule has 5 nitrogen and oxygen atoms in total. The smallest absolute Gasteiger partial charge is 0.123 e. The minimum atomic E-state index is 0.822. The first-order valence-corrected chi connectivity index (χ1v) is 6.48. The van der Waals surface area contributed by atoms with Gasteiger partial charge in [0.05, 0.1) is 13.3 Å². The molecule has 2 rings (SSSR count). The Hall–Kier alpha value is -1.88. The molecule has 0 radical (unpaired) electrons. The van der Waals surface area contributed by atoms with Gasteiger partial charge in [-0.3, -0.25) is 4.68 Å². The summed E-state index contributed by atoms with van der Waals surface area (Å²) in [5.41, 5.74) is 2.45. The molecule has 0 unspecified atom stereocenters. The molecule has 0 saturated heterocycles. The molecule has 0 aliphatic rings. The molecular formula is C14H20N4O. The van der Waals surface area contributed by atoms with E-state index in [0.717, 1.165) is 31.8 Å². The van der Waals surface area contributed by atoms with Crippen molar-refractivity contribution in [1.82, 2.24) is 20.3 Å². The molecule has 19 heavy (non-hydrogen) atoms. The van der Waals surface area contributed by atoms with Gasteiger partial charge in [0.25, 0.3) is 0 Å². The zero-order valence-corrected chi connectivity index (χ0v) is 11.5. The van der Waals surface area contributed by atoms with Gasteiger partial charge in [-0.05, 0) is 26.0 Å². The van der Waals surface area contributed by atoms with E-state index in [2.05, 4.69) is 34.7 Å². The van der Waals surface area contributed by atoms with Crippen molar-refractivity contribution in [3.8, 4) is 5.75 Å². The van der Waals surface area contributed by atoms with Gasteiger partial charge in [0, 0.05) is 24.8 Å². The van der Waals surface area contributed by atoms with Crippen LogP contribution in [0.25, 0.3) is 0 Å². The molecule has 1 aromatic heterocycles. The molecule has 1 heterocycles. The highest BCUT2D eigenvalue weighted by Crippen LogP contribution is 2.19. The molecule has 0 aliphatic carbocycles. The maximum Gasteiger partial charge on any atom is 0.123 e. The van der Waals surface area contributed by atoms with E-state index in [1.54, 1.807) is 13.3 Å². The lowest BCUT2D eigenvalue weighted by Gasteiger charge is -2.10. The van der Waals surface area contributed by atoms with Crippen molar-refractivity contribution < 1.29 is 4.74 Å². The summed E-state index contributed by atoms with van der Waals surface area (Å²) in [7, 11) is 1.71. The van der Waals surface area contributed by atoms with Gasteiger partial charge in [-0.25, -0.2) is 0 Å². The van der Waals surface area contributed by atoms with Gasteiger partial charge in [0.1, 0.15) is 5.75 Å². The average Bonchev–Trinajstić information content (AvgIpc) is 2.92. The molecule has 0 fully saturated rings. The van der Waals surface area contributed by atoms with Crippen molar-refractivity contribution in [2.45, 2.75) is 26.4 Å². The number of benzene rings is 1. The van der Waals surface area contributed by atoms with Crippen LogP contribution in [-0.4, -0.2) is 28.6 Å². The van der Waals surface area contributed by atoms with E-state index in [0.29, 0.717) is 0 Å². The second kappa shape index (κ2) is 6.89. The lowest BCUT2D eigenvalue weighted by atomic mass is 10.1. The van der Waals surface area contributed by atoms with Crippen LogP contribution in [0.1, 0.15) is 17.5 Å². The molecule has 0 amide bonds. The molecule has 5 heteroatoms. The first kappa shape index (κ1) is 13.5. The molecule has 0 atom stereocenters. The van der Waals surface area contributed by atoms with Gasteiger partial charge in [-0.2, -0.15) is 0 Å². The molecule has 0 spiro atoms. The summed E-state index contributed by atoms with van der Waals surface area (Å²) in [6.45, 7) is 4.74. The second-order valence-corrected chi connectivity index (χ2v) is 4.51. The Morgan fingerprint density at radius 2 is 2.26 bits per heavy atom. The third-order valence-corrected chi connectivity index (χ3v) is 2.96. The van der Waals surface area contributed by atoms with Crippen LogP contribution in [0.2, 0.25) is 0 Å². The Morgan fingerprint density at radius 1 is 1.37 bits per heavy atom. The lowest BCUT2D eigenvalue weighted by Crippen LogP contribution is -2.17. The van der Waals surface area contributed by atoms with E-state index in [1.165, 1.54) is 11.1 Å². The van der Waals surface area contributed by atoms with Gasteiger partial charge < -0.3 is 10.1 Å². The minimum absolute atomic E-state index is 0.822. The zero-order chi connectivity index (χ0) is 13.5. The number of aromatic nitrogens is 3. The van der Waals surface area contributed by atoms with E-state index in [1.807, 2.05) is 16.9 Å². The summed E-state index contributed by atoms with van der Waals surface area (Å²) in [6, 6.07) is 6.23. The summed E-state index contributed by atoms with van der Waals surface area (Å²) in [4.78, 5) is 0. The van der Waals surface area contributed by atoms with Gasteiger partial charge in [0.15, 0.2) is 0 Å². The van der Waals surface area contributed by atoms with E-state index in [9.17, 15) is 0 Å². The molecule has 1 N–H and O–H groups in total. The standard InChI is InChI=1S/C14H20N4O/c1-12-4-5-14(19-2)13(10-12)11-15-6-3-8-18-9-7-16-17-18/h4-5,7,9-10,15H,3,6,8,11H2,1-2H3. The van der Waals surface area contributed by atoms with Crippen LogP contribution in [0, 0.1) is 6.92 Å². The van der Waals surface area contributed by atoms with Crippen molar-refractivity contribution in [2.24, 2.45) is 0 Å². The molecule has 2 aromatic rings. The van der Waals surface area contributed by atoms with E-state index in [-0.39, 0.29) is 0 Å². The summed E-state index contributed by atoms with van der Waals surface area (Å²) >= 11 is 0. The second-order valence-electron chi connectivity index (χ2n) is 4.51. The number of methoxy groups -OCH3 is 1. The Labute approximate surface area is 113 Å². The lowest BCUT2D eigenvalue weighted by molar-refractivity contribution is 0.407. The van der Waals surface area contributed by atoms with Gasteiger partial charge in [-0.1, -0.05) is 22.9 Å². The highest BCUT2D eigenvalue weighted by molar-refractivity contribution is 5.36. The Morgan fingerprint density at radius 3 is 3.00 bits per heavy atom. The van der Waals surface area contributed by atoms with Gasteiger partial charge in [-0.15, -0.1) is 5.10 Å². The number of aryl methyl sites for hydroxylation is 2. The highest BCUT2D eigenvalue weighted by atomic mass is 16.5. The third kappa shape index (κ3) is 4.06. The number of nitrogens with zero attached hydrogens (tertiary/aromatic N) is 3. The first-order valence-electron chi connectivity index (χ1n) is 6.48. The van der Waals surface area contributed by atoms with Crippen LogP contribution >= 0.6 is 0 Å². The molecular weight excluding hydrogens is 240 g/mol. The van der Waals surface area contributed by atoms with Crippen LogP contribution in [0.3, 0.4) is 0 Å². The van der Waals surface area contributed by atoms with Crippen molar-refractivity contribution >= 4 is 0 Å². The molecule has 1 aromatic carbocycles. The van der Waals surface area contributed by atoms with E-state index < -0.39 is 0 Å². The maximum atomic E-state index is 5.35. The van der Waals surface area contributed by atoms with Crippen LogP contribution in [0.5, 0.6) is 5.75 Å². The number of rotatable bonds is 7. The highest BCUT2D eigenvalue weighted by Gasteiger charge is 2.02. The van der Waals surface area contributed by atoms with Crippen LogP contribution < -0.4 is 10.1 Å². The predicted octanol–water partition coefficient (Wildman–Crippen LogP) is 1.78. The van der Waals surface area contributed by atoms with Gasteiger partial charge in [0.2, 0.25) is 0 Å². The summed E-state index contributed by atoms with van der Waals surface area (Å²) in [5.74, 6) is 0.939. The Kier molecular flexibility index (Phi) is 4.92. The molecule has 0 aliphatic heterocycles. The van der Waals surface area contributed by atoms with Crippen LogP contribution in [0.4, 0.5) is 0 Å².